The molecule has 1 aromatic carbocycles. The van der Waals surface area contributed by atoms with E-state index in [0.717, 1.165) is 63.7 Å². The van der Waals surface area contributed by atoms with Crippen LogP contribution in [0.15, 0.2) is 40.7 Å². The van der Waals surface area contributed by atoms with Gasteiger partial charge in [-0.15, -0.1) is 35.3 Å². The fourth-order valence-electron chi connectivity index (χ4n) is 2.89. The third-order valence-electron chi connectivity index (χ3n) is 4.49. The van der Waals surface area contributed by atoms with Crippen LogP contribution in [0, 0.1) is 0 Å². The van der Waals surface area contributed by atoms with Crippen LogP contribution in [0.5, 0.6) is 0 Å². The van der Waals surface area contributed by atoms with Crippen molar-refractivity contribution in [2.24, 2.45) is 4.99 Å². The van der Waals surface area contributed by atoms with Crippen molar-refractivity contribution >= 4 is 41.3 Å². The van der Waals surface area contributed by atoms with Gasteiger partial charge in [0.2, 0.25) is 0 Å². The number of methoxy groups -OCH3 is 1. The number of nitrogens with zero attached hydrogens (tertiary/aromatic N) is 3. The lowest BCUT2D eigenvalue weighted by Crippen LogP contribution is -2.41. The van der Waals surface area contributed by atoms with Gasteiger partial charge in [-0.1, -0.05) is 30.3 Å². The van der Waals surface area contributed by atoms with Crippen molar-refractivity contribution in [1.29, 1.82) is 0 Å². The van der Waals surface area contributed by atoms with Gasteiger partial charge in [0.25, 0.3) is 0 Å². The molecule has 8 heteroatoms. The summed E-state index contributed by atoms with van der Waals surface area (Å²) in [4.78, 5) is 11.7. The highest BCUT2D eigenvalue weighted by Crippen LogP contribution is 2.13. The minimum absolute atomic E-state index is 0. The van der Waals surface area contributed by atoms with E-state index in [4.69, 9.17) is 9.72 Å². The second-order valence-corrected chi connectivity index (χ2v) is 7.93. The molecule has 0 bridgehead atoms. The van der Waals surface area contributed by atoms with Crippen LogP contribution in [0.3, 0.4) is 0 Å². The van der Waals surface area contributed by atoms with Crippen molar-refractivity contribution in [1.82, 2.24) is 20.5 Å². The zero-order chi connectivity index (χ0) is 20.7. The number of ether oxygens (including phenoxy) is 1. The van der Waals surface area contributed by atoms with Crippen LogP contribution in [0.4, 0.5) is 0 Å². The van der Waals surface area contributed by atoms with Gasteiger partial charge in [-0.25, -0.2) is 9.98 Å². The Morgan fingerprint density at radius 1 is 1.17 bits per heavy atom. The molecule has 0 fully saturated rings. The van der Waals surface area contributed by atoms with E-state index >= 15 is 0 Å². The number of rotatable bonds is 13. The van der Waals surface area contributed by atoms with Gasteiger partial charge in [-0.2, -0.15) is 0 Å². The van der Waals surface area contributed by atoms with E-state index < -0.39 is 0 Å². The van der Waals surface area contributed by atoms with Crippen molar-refractivity contribution in [2.75, 3.05) is 46.9 Å². The maximum absolute atomic E-state index is 5.10. The topological polar surface area (TPSA) is 61.8 Å². The van der Waals surface area contributed by atoms with E-state index in [1.165, 1.54) is 10.6 Å². The van der Waals surface area contributed by atoms with Crippen molar-refractivity contribution in [3.05, 3.63) is 52.0 Å². The molecule has 2 rings (SSSR count). The number of benzene rings is 1. The maximum atomic E-state index is 5.10. The van der Waals surface area contributed by atoms with E-state index in [1.807, 2.05) is 0 Å². The first-order valence-electron chi connectivity index (χ1n) is 10.4. The number of halogens is 1. The Morgan fingerprint density at radius 2 is 1.97 bits per heavy atom. The summed E-state index contributed by atoms with van der Waals surface area (Å²) in [5.41, 5.74) is 2.39. The number of guanidine groups is 1. The third-order valence-corrected chi connectivity index (χ3v) is 5.44. The van der Waals surface area contributed by atoms with E-state index in [-0.39, 0.29) is 24.0 Å². The van der Waals surface area contributed by atoms with Gasteiger partial charge >= 0.3 is 0 Å². The molecule has 0 atom stereocenters. The van der Waals surface area contributed by atoms with Gasteiger partial charge in [-0.3, -0.25) is 0 Å². The highest BCUT2D eigenvalue weighted by Gasteiger charge is 2.04. The SMILES string of the molecule is CCNC(=NCc1csc(CCc2ccccc2)n1)NCCN(C)CCCOC.I. The van der Waals surface area contributed by atoms with Gasteiger partial charge in [-0.05, 0) is 32.4 Å². The number of likely N-dealkylation sites (N-methyl/N-ethyl adjacent to an activating group) is 1. The van der Waals surface area contributed by atoms with Crippen LogP contribution in [0.25, 0.3) is 0 Å². The number of hydrogen-bond acceptors (Lipinski definition) is 5. The molecule has 0 saturated carbocycles. The molecule has 0 unspecified atom stereocenters. The average Bonchev–Trinajstić information content (AvgIpc) is 3.19. The summed E-state index contributed by atoms with van der Waals surface area (Å²) in [5.74, 6) is 0.844. The Morgan fingerprint density at radius 3 is 2.70 bits per heavy atom. The molecular formula is C22H36IN5OS. The molecule has 30 heavy (non-hydrogen) atoms. The standard InChI is InChI=1S/C22H35N5OS.HI/c1-4-23-22(24-13-15-27(2)14-8-16-28-3)25-17-20-18-29-21(26-20)12-11-19-9-6-5-7-10-19;/h5-7,9-10,18H,4,8,11-17H2,1-3H3,(H2,23,24,25);1H. The minimum Gasteiger partial charge on any atom is -0.385 e. The lowest BCUT2D eigenvalue weighted by Gasteiger charge is -2.18. The Kier molecular flexibility index (Phi) is 14.7. The third kappa shape index (κ3) is 11.2. The second kappa shape index (κ2) is 16.5. The molecule has 0 aliphatic rings. The van der Waals surface area contributed by atoms with Crippen LogP contribution < -0.4 is 10.6 Å². The first-order valence-corrected chi connectivity index (χ1v) is 11.3. The van der Waals surface area contributed by atoms with Gasteiger partial charge in [0.15, 0.2) is 5.96 Å². The zero-order valence-corrected chi connectivity index (χ0v) is 21.5. The fourth-order valence-corrected chi connectivity index (χ4v) is 3.68. The quantitative estimate of drug-likeness (QED) is 0.175. The second-order valence-electron chi connectivity index (χ2n) is 6.99. The molecule has 0 radical (unpaired) electrons. The number of aryl methyl sites for hydroxylation is 2. The average molecular weight is 546 g/mol. The summed E-state index contributed by atoms with van der Waals surface area (Å²) in [6, 6.07) is 10.6. The summed E-state index contributed by atoms with van der Waals surface area (Å²) in [6.45, 7) is 7.19. The highest BCUT2D eigenvalue weighted by atomic mass is 127. The first-order chi connectivity index (χ1) is 14.2. The van der Waals surface area contributed by atoms with Crippen LogP contribution in [0.1, 0.15) is 29.6 Å². The number of aromatic nitrogens is 1. The molecule has 0 amide bonds. The molecule has 168 valence electrons. The predicted octanol–water partition coefficient (Wildman–Crippen LogP) is 3.57. The molecule has 1 aromatic heterocycles. The Balaban J connectivity index is 0.00000450. The van der Waals surface area contributed by atoms with Crippen molar-refractivity contribution in [2.45, 2.75) is 32.7 Å². The van der Waals surface area contributed by atoms with E-state index in [1.54, 1.807) is 18.4 Å². The maximum Gasteiger partial charge on any atom is 0.191 e. The summed E-state index contributed by atoms with van der Waals surface area (Å²) in [7, 11) is 3.88. The first kappa shape index (κ1) is 26.8. The fraction of sp³-hybridized carbons (Fsp3) is 0.545. The van der Waals surface area contributed by atoms with Gasteiger partial charge in [0.1, 0.15) is 0 Å². The van der Waals surface area contributed by atoms with Crippen molar-refractivity contribution < 1.29 is 4.74 Å². The van der Waals surface area contributed by atoms with Crippen LogP contribution in [-0.4, -0.2) is 62.8 Å². The lowest BCUT2D eigenvalue weighted by atomic mass is 10.1. The van der Waals surface area contributed by atoms with Crippen molar-refractivity contribution in [3.8, 4) is 0 Å². The smallest absolute Gasteiger partial charge is 0.191 e. The van der Waals surface area contributed by atoms with Crippen LogP contribution in [0.2, 0.25) is 0 Å². The van der Waals surface area contributed by atoms with Crippen LogP contribution >= 0.6 is 35.3 Å². The summed E-state index contributed by atoms with van der Waals surface area (Å²) in [5, 5.41) is 10.0. The Bertz CT molecular complexity index is 711. The van der Waals surface area contributed by atoms with Gasteiger partial charge in [0.05, 0.1) is 17.2 Å². The molecule has 1 heterocycles. The molecular weight excluding hydrogens is 509 g/mol. The molecule has 2 aromatic rings. The Hall–Kier alpha value is -1.23. The zero-order valence-electron chi connectivity index (χ0n) is 18.4. The predicted molar refractivity (Wildman–Crippen MR) is 138 cm³/mol. The largest absolute Gasteiger partial charge is 0.385 e. The van der Waals surface area contributed by atoms with E-state index in [2.05, 4.69) is 70.2 Å². The number of thiazole rings is 1. The normalized spacial score (nSPS) is 11.4. The highest BCUT2D eigenvalue weighted by molar-refractivity contribution is 14.0. The molecule has 0 spiro atoms. The molecule has 0 aliphatic carbocycles. The lowest BCUT2D eigenvalue weighted by molar-refractivity contribution is 0.180. The minimum atomic E-state index is 0. The molecule has 6 nitrogen and oxygen atoms in total. The van der Waals surface area contributed by atoms with Crippen LogP contribution in [-0.2, 0) is 24.1 Å². The number of hydrogen-bond donors (Lipinski definition) is 2. The number of nitrogens with one attached hydrogen (secondary N) is 2. The van der Waals surface area contributed by atoms with Crippen molar-refractivity contribution in [3.63, 3.8) is 0 Å². The number of aliphatic imine (C=N–C) groups is 1. The van der Waals surface area contributed by atoms with Gasteiger partial charge in [0, 0.05) is 51.7 Å². The molecule has 0 aliphatic heterocycles. The Labute approximate surface area is 202 Å². The van der Waals surface area contributed by atoms with E-state index in [9.17, 15) is 0 Å². The van der Waals surface area contributed by atoms with Gasteiger partial charge < -0.3 is 20.3 Å². The summed E-state index contributed by atoms with van der Waals surface area (Å²) < 4.78 is 5.10. The molecule has 2 N–H and O–H groups in total. The summed E-state index contributed by atoms with van der Waals surface area (Å²) in [6.07, 6.45) is 3.06. The summed E-state index contributed by atoms with van der Waals surface area (Å²) >= 11 is 1.73. The van der Waals surface area contributed by atoms with E-state index in [0.29, 0.717) is 6.54 Å². The molecule has 0 saturated heterocycles. The monoisotopic (exact) mass is 545 g/mol.